The van der Waals surface area contributed by atoms with Crippen LogP contribution < -0.4 is 0 Å². The summed E-state index contributed by atoms with van der Waals surface area (Å²) in [5, 5.41) is 2.21. The van der Waals surface area contributed by atoms with E-state index < -0.39 is 11.2 Å². The van der Waals surface area contributed by atoms with Gasteiger partial charge in [0.1, 0.15) is 0 Å². The van der Waals surface area contributed by atoms with Gasteiger partial charge in [-0.05, 0) is 63.9 Å². The molecule has 0 fully saturated rings. The summed E-state index contributed by atoms with van der Waals surface area (Å²) in [5.41, 5.74) is 8.10. The molecule has 0 aliphatic carbocycles. The van der Waals surface area contributed by atoms with E-state index in [4.69, 9.17) is 9.97 Å². The molecule has 0 radical (unpaired) electrons. The van der Waals surface area contributed by atoms with Crippen molar-refractivity contribution in [1.29, 1.82) is 0 Å². The van der Waals surface area contributed by atoms with Crippen LogP contribution in [0.15, 0.2) is 161 Å². The molecule has 0 spiro atoms. The number of para-hydroxylation sites is 2. The minimum Gasteiger partial charge on any atom is -0.606 e. The molecule has 6 aromatic carbocycles. The molecule has 0 bridgehead atoms. The Morgan fingerprint density at radius 1 is 0.512 bits per heavy atom. The third-order valence-electron chi connectivity index (χ3n) is 7.86. The number of fused-ring (bicyclic) bond motifs is 4. The fourth-order valence-electron chi connectivity index (χ4n) is 5.85. The molecule has 5 heteroatoms. The summed E-state index contributed by atoms with van der Waals surface area (Å²) in [6.45, 7) is 0. The number of imidazole rings is 1. The summed E-state index contributed by atoms with van der Waals surface area (Å²) in [6.07, 6.45) is 0. The molecule has 8 rings (SSSR count). The Hall–Kier alpha value is -5.23. The third-order valence-corrected chi connectivity index (χ3v) is 9.25. The fraction of sp³-hybridized carbons (Fsp3) is 0. The highest BCUT2D eigenvalue weighted by molar-refractivity contribution is 7.91. The SMILES string of the molecule is [O-][S+](c1ccccc1)c1cccc(-c2ccc(-c3cc(-c4ccccc4)n4c(n3)nc3ccccc34)c3ccccc23)c1. The predicted molar refractivity (Wildman–Crippen MR) is 175 cm³/mol. The van der Waals surface area contributed by atoms with Gasteiger partial charge in [-0.3, -0.25) is 4.40 Å². The molecule has 1 unspecified atom stereocenters. The molecular formula is C38H25N3OS. The first-order valence-corrected chi connectivity index (χ1v) is 15.3. The number of benzene rings is 6. The smallest absolute Gasteiger partial charge is 0.235 e. The van der Waals surface area contributed by atoms with Gasteiger partial charge in [0.2, 0.25) is 5.78 Å². The van der Waals surface area contributed by atoms with Crippen LogP contribution in [-0.4, -0.2) is 18.9 Å². The van der Waals surface area contributed by atoms with Gasteiger partial charge in [0, 0.05) is 22.8 Å². The van der Waals surface area contributed by atoms with Crippen molar-refractivity contribution in [2.75, 3.05) is 0 Å². The lowest BCUT2D eigenvalue weighted by atomic mass is 9.93. The van der Waals surface area contributed by atoms with Crippen LogP contribution in [-0.2, 0) is 11.2 Å². The molecule has 4 nitrogen and oxygen atoms in total. The molecule has 0 amide bonds. The van der Waals surface area contributed by atoms with E-state index >= 15 is 0 Å². The average molecular weight is 572 g/mol. The average Bonchev–Trinajstić information content (AvgIpc) is 3.46. The summed E-state index contributed by atoms with van der Waals surface area (Å²) in [7, 11) is 0. The first kappa shape index (κ1) is 25.5. The number of hydrogen-bond acceptors (Lipinski definition) is 3. The highest BCUT2D eigenvalue weighted by Gasteiger charge is 2.18. The maximum absolute atomic E-state index is 13.3. The zero-order chi connectivity index (χ0) is 28.8. The van der Waals surface area contributed by atoms with Crippen molar-refractivity contribution in [3.8, 4) is 33.6 Å². The monoisotopic (exact) mass is 571 g/mol. The summed E-state index contributed by atoms with van der Waals surface area (Å²) in [4.78, 5) is 11.6. The largest absolute Gasteiger partial charge is 0.606 e. The Balaban J connectivity index is 1.31. The van der Waals surface area contributed by atoms with E-state index in [2.05, 4.69) is 83.3 Å². The van der Waals surface area contributed by atoms with Crippen LogP contribution in [0.1, 0.15) is 0 Å². The van der Waals surface area contributed by atoms with Crippen molar-refractivity contribution in [2.45, 2.75) is 9.79 Å². The van der Waals surface area contributed by atoms with Gasteiger partial charge in [-0.25, -0.2) is 9.97 Å². The number of rotatable bonds is 5. The lowest BCUT2D eigenvalue weighted by Gasteiger charge is -2.15. The minimum atomic E-state index is -1.26. The van der Waals surface area contributed by atoms with Crippen LogP contribution in [0.3, 0.4) is 0 Å². The molecule has 0 N–H and O–H groups in total. The maximum atomic E-state index is 13.3. The number of nitrogens with zero attached hydrogens (tertiary/aromatic N) is 3. The lowest BCUT2D eigenvalue weighted by molar-refractivity contribution is 0.595. The van der Waals surface area contributed by atoms with E-state index in [0.29, 0.717) is 5.78 Å². The van der Waals surface area contributed by atoms with E-state index in [1.165, 1.54) is 0 Å². The second-order valence-corrected chi connectivity index (χ2v) is 11.9. The van der Waals surface area contributed by atoms with Gasteiger partial charge in [0.15, 0.2) is 9.79 Å². The number of aromatic nitrogens is 3. The first-order valence-electron chi connectivity index (χ1n) is 14.2. The first-order chi connectivity index (χ1) is 21.2. The summed E-state index contributed by atoms with van der Waals surface area (Å²) in [6, 6.07) is 51.1. The fourth-order valence-corrected chi connectivity index (χ4v) is 6.97. The quantitative estimate of drug-likeness (QED) is 0.194. The van der Waals surface area contributed by atoms with Gasteiger partial charge in [0.05, 0.1) is 22.4 Å². The van der Waals surface area contributed by atoms with Crippen molar-refractivity contribution in [2.24, 2.45) is 0 Å². The van der Waals surface area contributed by atoms with Gasteiger partial charge in [-0.15, -0.1) is 0 Å². The van der Waals surface area contributed by atoms with Gasteiger partial charge < -0.3 is 4.55 Å². The highest BCUT2D eigenvalue weighted by atomic mass is 32.2. The van der Waals surface area contributed by atoms with Gasteiger partial charge >= 0.3 is 0 Å². The molecule has 8 aromatic rings. The summed E-state index contributed by atoms with van der Waals surface area (Å²) in [5.74, 6) is 0.668. The molecule has 0 aliphatic heterocycles. The van der Waals surface area contributed by atoms with Crippen molar-refractivity contribution in [1.82, 2.24) is 14.4 Å². The normalized spacial score (nSPS) is 12.2. The van der Waals surface area contributed by atoms with Crippen molar-refractivity contribution < 1.29 is 4.55 Å². The van der Waals surface area contributed by atoms with Crippen LogP contribution in [0.2, 0.25) is 0 Å². The van der Waals surface area contributed by atoms with E-state index in [9.17, 15) is 4.55 Å². The van der Waals surface area contributed by atoms with Gasteiger partial charge in [0.25, 0.3) is 0 Å². The summed E-state index contributed by atoms with van der Waals surface area (Å²) >= 11 is -1.26. The van der Waals surface area contributed by atoms with Crippen LogP contribution >= 0.6 is 0 Å². The Morgan fingerprint density at radius 3 is 1.95 bits per heavy atom. The Bertz CT molecular complexity index is 2260. The molecule has 2 heterocycles. The minimum absolute atomic E-state index is 0.668. The molecule has 0 aliphatic rings. The molecule has 0 saturated heterocycles. The van der Waals surface area contributed by atoms with E-state index in [0.717, 1.165) is 65.2 Å². The van der Waals surface area contributed by atoms with E-state index in [1.807, 2.05) is 72.8 Å². The van der Waals surface area contributed by atoms with Crippen LogP contribution in [0, 0.1) is 0 Å². The van der Waals surface area contributed by atoms with E-state index in [-0.39, 0.29) is 0 Å². The van der Waals surface area contributed by atoms with Crippen LogP contribution in [0.5, 0.6) is 0 Å². The van der Waals surface area contributed by atoms with Gasteiger partial charge in [-0.1, -0.05) is 109 Å². The standard InChI is InChI=1S/C38H25N3OS/c42-43(28-15-5-2-6-16-28)29-17-11-14-27(24-29)30-22-23-33(32-19-8-7-18-31(30)32)35-25-37(26-12-3-1-4-13-26)41-36-21-10-9-20-34(36)39-38(41)40-35/h1-25H. The summed E-state index contributed by atoms with van der Waals surface area (Å²) < 4.78 is 15.5. The van der Waals surface area contributed by atoms with Crippen molar-refractivity contribution in [3.63, 3.8) is 0 Å². The molecule has 204 valence electrons. The number of hydrogen-bond donors (Lipinski definition) is 0. The molecular weight excluding hydrogens is 547 g/mol. The van der Waals surface area contributed by atoms with Crippen LogP contribution in [0.4, 0.5) is 0 Å². The molecule has 2 aromatic heterocycles. The van der Waals surface area contributed by atoms with E-state index in [1.54, 1.807) is 0 Å². The zero-order valence-corrected chi connectivity index (χ0v) is 23.9. The van der Waals surface area contributed by atoms with Crippen molar-refractivity contribution in [3.05, 3.63) is 152 Å². The van der Waals surface area contributed by atoms with Crippen LogP contribution in [0.25, 0.3) is 61.2 Å². The predicted octanol–water partition coefficient (Wildman–Crippen LogP) is 9.20. The highest BCUT2D eigenvalue weighted by Crippen LogP contribution is 2.38. The molecule has 0 saturated carbocycles. The maximum Gasteiger partial charge on any atom is 0.235 e. The molecule has 1 atom stereocenters. The van der Waals surface area contributed by atoms with Crippen molar-refractivity contribution >= 4 is 38.8 Å². The Labute approximate surface area is 252 Å². The third kappa shape index (κ3) is 4.47. The molecule has 43 heavy (non-hydrogen) atoms. The van der Waals surface area contributed by atoms with Gasteiger partial charge in [-0.2, -0.15) is 0 Å². The second kappa shape index (κ2) is 10.6. The topological polar surface area (TPSA) is 53.2 Å². The second-order valence-electron chi connectivity index (χ2n) is 10.4. The Kier molecular flexibility index (Phi) is 6.25. The zero-order valence-electron chi connectivity index (χ0n) is 23.1. The Morgan fingerprint density at radius 2 is 1.14 bits per heavy atom. The lowest BCUT2D eigenvalue weighted by Crippen LogP contribution is -2.02.